The van der Waals surface area contributed by atoms with Crippen LogP contribution in [0.15, 0.2) is 24.3 Å². The number of benzene rings is 1. The summed E-state index contributed by atoms with van der Waals surface area (Å²) in [4.78, 5) is 23.4. The van der Waals surface area contributed by atoms with E-state index in [1.165, 1.54) is 0 Å². The first-order valence-corrected chi connectivity index (χ1v) is 7.26. The van der Waals surface area contributed by atoms with Crippen LogP contribution in [0.25, 0.3) is 0 Å². The minimum atomic E-state index is -0.913. The van der Waals surface area contributed by atoms with Crippen molar-refractivity contribution in [2.24, 2.45) is 0 Å². The van der Waals surface area contributed by atoms with Gasteiger partial charge in [-0.1, -0.05) is 12.1 Å². The van der Waals surface area contributed by atoms with Crippen LogP contribution in [-0.2, 0) is 20.7 Å². The van der Waals surface area contributed by atoms with Crippen LogP contribution >= 0.6 is 0 Å². The van der Waals surface area contributed by atoms with Gasteiger partial charge < -0.3 is 19.9 Å². The van der Waals surface area contributed by atoms with Gasteiger partial charge in [-0.15, -0.1) is 0 Å². The lowest BCUT2D eigenvalue weighted by molar-refractivity contribution is -0.140. The van der Waals surface area contributed by atoms with Crippen LogP contribution in [0.2, 0.25) is 0 Å². The minimum Gasteiger partial charge on any atom is -0.497 e. The van der Waals surface area contributed by atoms with Crippen LogP contribution in [0.1, 0.15) is 24.8 Å². The highest BCUT2D eigenvalue weighted by Crippen LogP contribution is 2.25. The molecular weight excluding hydrogens is 286 g/mol. The number of aliphatic carboxylic acids is 1. The number of hydrogen-bond donors (Lipinski definition) is 2. The van der Waals surface area contributed by atoms with Gasteiger partial charge in [0.05, 0.1) is 25.5 Å². The van der Waals surface area contributed by atoms with Crippen molar-refractivity contribution in [3.8, 4) is 5.75 Å². The quantitative estimate of drug-likeness (QED) is 0.829. The van der Waals surface area contributed by atoms with Crippen LogP contribution in [0.3, 0.4) is 0 Å². The highest BCUT2D eigenvalue weighted by molar-refractivity contribution is 5.80. The van der Waals surface area contributed by atoms with Crippen molar-refractivity contribution in [2.45, 2.75) is 31.2 Å². The zero-order valence-electron chi connectivity index (χ0n) is 12.6. The van der Waals surface area contributed by atoms with Gasteiger partial charge in [-0.2, -0.15) is 0 Å². The fourth-order valence-electron chi connectivity index (χ4n) is 2.71. The molecule has 0 radical (unpaired) electrons. The molecule has 0 aliphatic carbocycles. The van der Waals surface area contributed by atoms with E-state index >= 15 is 0 Å². The molecule has 1 amide bonds. The van der Waals surface area contributed by atoms with E-state index < -0.39 is 11.5 Å². The second-order valence-corrected chi connectivity index (χ2v) is 5.54. The Morgan fingerprint density at radius 2 is 2.09 bits per heavy atom. The molecule has 0 unspecified atom stereocenters. The predicted molar refractivity (Wildman–Crippen MR) is 79.9 cm³/mol. The van der Waals surface area contributed by atoms with Gasteiger partial charge in [0, 0.05) is 13.2 Å². The van der Waals surface area contributed by atoms with Crippen molar-refractivity contribution in [1.82, 2.24) is 5.32 Å². The van der Waals surface area contributed by atoms with Crippen LogP contribution in [0.5, 0.6) is 5.75 Å². The van der Waals surface area contributed by atoms with Crippen LogP contribution < -0.4 is 10.1 Å². The molecule has 0 atom stereocenters. The third kappa shape index (κ3) is 4.46. The molecule has 2 rings (SSSR count). The molecule has 22 heavy (non-hydrogen) atoms. The molecular formula is C16H21NO5. The molecule has 6 nitrogen and oxygen atoms in total. The first kappa shape index (κ1) is 16.3. The molecule has 1 aliphatic heterocycles. The lowest BCUT2D eigenvalue weighted by atomic mass is 9.86. The molecule has 1 aromatic carbocycles. The number of carbonyl (C=O) groups is 2. The van der Waals surface area contributed by atoms with Gasteiger partial charge in [0.15, 0.2) is 0 Å². The summed E-state index contributed by atoms with van der Waals surface area (Å²) in [5.74, 6) is -0.406. The predicted octanol–water partition coefficient (Wildman–Crippen LogP) is 1.38. The summed E-state index contributed by atoms with van der Waals surface area (Å²) < 4.78 is 10.4. The maximum absolute atomic E-state index is 12.3. The number of carboxylic acid groups (broad SMARTS) is 1. The molecule has 0 aromatic heterocycles. The molecule has 120 valence electrons. The maximum Gasteiger partial charge on any atom is 0.305 e. The Kier molecular flexibility index (Phi) is 5.38. The number of ether oxygens (including phenoxy) is 2. The molecule has 2 N–H and O–H groups in total. The summed E-state index contributed by atoms with van der Waals surface area (Å²) >= 11 is 0. The number of rotatable bonds is 6. The number of nitrogens with one attached hydrogen (secondary N) is 1. The van der Waals surface area contributed by atoms with Crippen molar-refractivity contribution >= 4 is 11.9 Å². The van der Waals surface area contributed by atoms with E-state index in [9.17, 15) is 9.59 Å². The summed E-state index contributed by atoms with van der Waals surface area (Å²) in [5.41, 5.74) is 0.120. The van der Waals surface area contributed by atoms with Crippen LogP contribution in [0, 0.1) is 0 Å². The summed E-state index contributed by atoms with van der Waals surface area (Å²) in [6, 6.07) is 7.28. The first-order chi connectivity index (χ1) is 10.5. The molecule has 0 bridgehead atoms. The summed E-state index contributed by atoms with van der Waals surface area (Å²) in [7, 11) is 1.57. The van der Waals surface area contributed by atoms with E-state index in [4.69, 9.17) is 14.6 Å². The molecule has 1 heterocycles. The van der Waals surface area contributed by atoms with Gasteiger partial charge in [0.2, 0.25) is 5.91 Å². The number of hydrogen-bond acceptors (Lipinski definition) is 4. The van der Waals surface area contributed by atoms with E-state index in [2.05, 4.69) is 5.32 Å². The van der Waals surface area contributed by atoms with E-state index in [-0.39, 0.29) is 18.7 Å². The Morgan fingerprint density at radius 1 is 1.36 bits per heavy atom. The second-order valence-electron chi connectivity index (χ2n) is 5.54. The van der Waals surface area contributed by atoms with E-state index in [0.717, 1.165) is 5.56 Å². The van der Waals surface area contributed by atoms with Crippen molar-refractivity contribution in [1.29, 1.82) is 0 Å². The standard InChI is InChI=1S/C16H21NO5/c1-21-13-4-2-3-12(9-13)10-14(18)17-16(11-15(19)20)5-7-22-8-6-16/h2-4,9H,5-8,10-11H2,1H3,(H,17,18)(H,19,20). The lowest BCUT2D eigenvalue weighted by Crippen LogP contribution is -2.53. The maximum atomic E-state index is 12.3. The number of methoxy groups -OCH3 is 1. The first-order valence-electron chi connectivity index (χ1n) is 7.26. The van der Waals surface area contributed by atoms with Gasteiger partial charge >= 0.3 is 5.97 Å². The highest BCUT2D eigenvalue weighted by Gasteiger charge is 2.36. The number of amides is 1. The van der Waals surface area contributed by atoms with Gasteiger partial charge in [-0.3, -0.25) is 9.59 Å². The zero-order valence-corrected chi connectivity index (χ0v) is 12.6. The number of carboxylic acids is 1. The van der Waals surface area contributed by atoms with Crippen LogP contribution in [0.4, 0.5) is 0 Å². The van der Waals surface area contributed by atoms with Gasteiger partial charge in [0.25, 0.3) is 0 Å². The fraction of sp³-hybridized carbons (Fsp3) is 0.500. The van der Waals surface area contributed by atoms with E-state index in [1.54, 1.807) is 13.2 Å². The molecule has 6 heteroatoms. The van der Waals surface area contributed by atoms with Crippen molar-refractivity contribution in [3.05, 3.63) is 29.8 Å². The molecule has 1 aliphatic rings. The Bertz CT molecular complexity index is 537. The van der Waals surface area contributed by atoms with Crippen molar-refractivity contribution in [3.63, 3.8) is 0 Å². The van der Waals surface area contributed by atoms with Crippen LogP contribution in [-0.4, -0.2) is 42.8 Å². The van der Waals surface area contributed by atoms with Gasteiger partial charge in [-0.05, 0) is 30.5 Å². The molecule has 1 aromatic rings. The summed E-state index contributed by atoms with van der Waals surface area (Å²) in [5, 5.41) is 12.0. The largest absolute Gasteiger partial charge is 0.497 e. The second kappa shape index (κ2) is 7.26. The minimum absolute atomic E-state index is 0.0831. The highest BCUT2D eigenvalue weighted by atomic mass is 16.5. The summed E-state index contributed by atoms with van der Waals surface area (Å²) in [6.45, 7) is 0.930. The molecule has 0 spiro atoms. The van der Waals surface area contributed by atoms with Gasteiger partial charge in [0.1, 0.15) is 5.75 Å². The lowest BCUT2D eigenvalue weighted by Gasteiger charge is -2.36. The summed E-state index contributed by atoms with van der Waals surface area (Å²) in [6.07, 6.45) is 1.14. The average Bonchev–Trinajstić information content (AvgIpc) is 2.47. The zero-order chi connectivity index (χ0) is 16.0. The Hall–Kier alpha value is -2.08. The Labute approximate surface area is 129 Å². The third-order valence-electron chi connectivity index (χ3n) is 3.84. The van der Waals surface area contributed by atoms with E-state index in [1.807, 2.05) is 18.2 Å². The SMILES string of the molecule is COc1cccc(CC(=O)NC2(CC(=O)O)CCOCC2)c1. The van der Waals surface area contributed by atoms with E-state index in [0.29, 0.717) is 31.8 Å². The fourth-order valence-corrected chi connectivity index (χ4v) is 2.71. The smallest absolute Gasteiger partial charge is 0.305 e. The topological polar surface area (TPSA) is 84.9 Å². The Balaban J connectivity index is 2.02. The number of carbonyl (C=O) groups excluding carboxylic acids is 1. The van der Waals surface area contributed by atoms with Crippen molar-refractivity contribution in [2.75, 3.05) is 20.3 Å². The molecule has 0 saturated carbocycles. The normalized spacial score (nSPS) is 16.8. The van der Waals surface area contributed by atoms with Crippen molar-refractivity contribution < 1.29 is 24.2 Å². The monoisotopic (exact) mass is 307 g/mol. The molecule has 1 fully saturated rings. The molecule has 1 saturated heterocycles. The average molecular weight is 307 g/mol. The third-order valence-corrected chi connectivity index (χ3v) is 3.84. The van der Waals surface area contributed by atoms with Gasteiger partial charge in [-0.25, -0.2) is 0 Å². The Morgan fingerprint density at radius 3 is 2.73 bits per heavy atom.